The normalized spacial score (nSPS) is 20.2. The minimum Gasteiger partial charge on any atom is -0.352 e. The maximum atomic E-state index is 11.6. The van der Waals surface area contributed by atoms with Crippen LogP contribution in [-0.4, -0.2) is 42.5 Å². The third-order valence-electron chi connectivity index (χ3n) is 3.54. The maximum absolute atomic E-state index is 11.6. The number of unbranched alkanes of at least 4 members (excludes halogenated alkanes) is 1. The Hall–Kier alpha value is -0.610. The molecule has 17 heavy (non-hydrogen) atoms. The molecular weight excluding hydrogens is 214 g/mol. The van der Waals surface area contributed by atoms with Gasteiger partial charge in [-0.05, 0) is 32.2 Å². The summed E-state index contributed by atoms with van der Waals surface area (Å²) in [4.78, 5) is 14.1. The van der Waals surface area contributed by atoms with E-state index in [0.29, 0.717) is 12.5 Å². The highest BCUT2D eigenvalue weighted by molar-refractivity contribution is 5.81. The number of hydrogen-bond donors (Lipinski definition) is 2. The molecule has 1 fully saturated rings. The predicted molar refractivity (Wildman–Crippen MR) is 70.8 cm³/mol. The van der Waals surface area contributed by atoms with Crippen LogP contribution in [0.1, 0.15) is 46.0 Å². The Morgan fingerprint density at radius 1 is 1.41 bits per heavy atom. The molecule has 1 heterocycles. The molecule has 1 rings (SSSR count). The van der Waals surface area contributed by atoms with Crippen LogP contribution in [0.4, 0.5) is 0 Å². The van der Waals surface area contributed by atoms with E-state index in [1.165, 1.54) is 19.4 Å². The SMILES string of the molecule is CCCCN1CCC(NC(=O)C(N)CC)CC1. The van der Waals surface area contributed by atoms with Crippen molar-refractivity contribution in [3.05, 3.63) is 0 Å². The number of carbonyl (C=O) groups excluding carboxylic acids is 1. The first-order valence-electron chi connectivity index (χ1n) is 6.95. The van der Waals surface area contributed by atoms with Crippen molar-refractivity contribution in [1.82, 2.24) is 10.2 Å². The Morgan fingerprint density at radius 3 is 2.59 bits per heavy atom. The standard InChI is InChI=1S/C13H27N3O/c1-3-5-8-16-9-6-11(7-10-16)15-13(17)12(14)4-2/h11-12H,3-10,14H2,1-2H3,(H,15,17). The van der Waals surface area contributed by atoms with Crippen molar-refractivity contribution < 1.29 is 4.79 Å². The molecule has 4 nitrogen and oxygen atoms in total. The van der Waals surface area contributed by atoms with Gasteiger partial charge in [-0.1, -0.05) is 20.3 Å². The Kier molecular flexibility index (Phi) is 6.52. The van der Waals surface area contributed by atoms with Crippen molar-refractivity contribution in [2.75, 3.05) is 19.6 Å². The summed E-state index contributed by atoms with van der Waals surface area (Å²) in [5.74, 6) is 0.0134. The first-order valence-corrected chi connectivity index (χ1v) is 6.95. The van der Waals surface area contributed by atoms with Crippen LogP contribution in [0.3, 0.4) is 0 Å². The Balaban J connectivity index is 2.20. The fourth-order valence-electron chi connectivity index (χ4n) is 2.18. The van der Waals surface area contributed by atoms with Gasteiger partial charge in [0.1, 0.15) is 0 Å². The zero-order chi connectivity index (χ0) is 12.7. The summed E-state index contributed by atoms with van der Waals surface area (Å²) in [6.07, 6.45) is 5.36. The molecule has 1 aliphatic rings. The van der Waals surface area contributed by atoms with Crippen LogP contribution >= 0.6 is 0 Å². The van der Waals surface area contributed by atoms with E-state index in [-0.39, 0.29) is 11.9 Å². The van der Waals surface area contributed by atoms with Crippen molar-refractivity contribution >= 4 is 5.91 Å². The lowest BCUT2D eigenvalue weighted by molar-refractivity contribution is -0.123. The molecular formula is C13H27N3O. The highest BCUT2D eigenvalue weighted by atomic mass is 16.2. The van der Waals surface area contributed by atoms with Gasteiger partial charge in [0.05, 0.1) is 6.04 Å². The van der Waals surface area contributed by atoms with Crippen LogP contribution in [0.5, 0.6) is 0 Å². The van der Waals surface area contributed by atoms with Gasteiger partial charge >= 0.3 is 0 Å². The van der Waals surface area contributed by atoms with Gasteiger partial charge in [0.15, 0.2) is 0 Å². The second kappa shape index (κ2) is 7.67. The number of likely N-dealkylation sites (tertiary alicyclic amines) is 1. The second-order valence-electron chi connectivity index (χ2n) is 4.99. The van der Waals surface area contributed by atoms with Crippen LogP contribution in [0.25, 0.3) is 0 Å². The minimum absolute atomic E-state index is 0.0134. The Labute approximate surface area is 105 Å². The molecule has 1 aliphatic heterocycles. The number of nitrogens with one attached hydrogen (secondary N) is 1. The summed E-state index contributed by atoms with van der Waals surface area (Å²) in [7, 11) is 0. The molecule has 0 aromatic rings. The zero-order valence-electron chi connectivity index (χ0n) is 11.2. The average Bonchev–Trinajstić information content (AvgIpc) is 2.37. The largest absolute Gasteiger partial charge is 0.352 e. The van der Waals surface area contributed by atoms with E-state index < -0.39 is 0 Å². The van der Waals surface area contributed by atoms with E-state index in [9.17, 15) is 4.79 Å². The van der Waals surface area contributed by atoms with E-state index >= 15 is 0 Å². The molecule has 4 heteroatoms. The molecule has 1 saturated heterocycles. The van der Waals surface area contributed by atoms with Crippen molar-refractivity contribution in [3.63, 3.8) is 0 Å². The van der Waals surface area contributed by atoms with E-state index in [4.69, 9.17) is 5.73 Å². The molecule has 0 aliphatic carbocycles. The third kappa shape index (κ3) is 5.04. The molecule has 1 amide bonds. The summed E-state index contributed by atoms with van der Waals surface area (Å²) in [5.41, 5.74) is 5.70. The van der Waals surface area contributed by atoms with Crippen molar-refractivity contribution in [2.24, 2.45) is 5.73 Å². The average molecular weight is 241 g/mol. The van der Waals surface area contributed by atoms with Crippen LogP contribution in [0.15, 0.2) is 0 Å². The van der Waals surface area contributed by atoms with E-state index in [1.54, 1.807) is 0 Å². The van der Waals surface area contributed by atoms with Gasteiger partial charge in [-0.25, -0.2) is 0 Å². The number of amides is 1. The van der Waals surface area contributed by atoms with Gasteiger partial charge in [0.25, 0.3) is 0 Å². The molecule has 3 N–H and O–H groups in total. The summed E-state index contributed by atoms with van der Waals surface area (Å²) in [5, 5.41) is 3.06. The van der Waals surface area contributed by atoms with E-state index in [1.807, 2.05) is 6.92 Å². The first kappa shape index (κ1) is 14.5. The summed E-state index contributed by atoms with van der Waals surface area (Å²) < 4.78 is 0. The molecule has 100 valence electrons. The van der Waals surface area contributed by atoms with Gasteiger partial charge in [0, 0.05) is 19.1 Å². The number of rotatable bonds is 6. The van der Waals surface area contributed by atoms with E-state index in [0.717, 1.165) is 25.9 Å². The number of nitrogens with two attached hydrogens (primary N) is 1. The molecule has 0 aromatic heterocycles. The van der Waals surface area contributed by atoms with Crippen LogP contribution < -0.4 is 11.1 Å². The van der Waals surface area contributed by atoms with Crippen molar-refractivity contribution in [1.29, 1.82) is 0 Å². The lowest BCUT2D eigenvalue weighted by Gasteiger charge is -2.32. The zero-order valence-corrected chi connectivity index (χ0v) is 11.2. The number of piperidine rings is 1. The summed E-state index contributed by atoms with van der Waals surface area (Å²) in [6.45, 7) is 7.57. The second-order valence-corrected chi connectivity index (χ2v) is 4.99. The lowest BCUT2D eigenvalue weighted by atomic mass is 10.0. The quantitative estimate of drug-likeness (QED) is 0.732. The van der Waals surface area contributed by atoms with Crippen LogP contribution in [0.2, 0.25) is 0 Å². The monoisotopic (exact) mass is 241 g/mol. The van der Waals surface area contributed by atoms with Gasteiger partial charge < -0.3 is 16.0 Å². The molecule has 1 atom stereocenters. The van der Waals surface area contributed by atoms with Crippen molar-refractivity contribution in [3.8, 4) is 0 Å². The van der Waals surface area contributed by atoms with Gasteiger partial charge in [-0.3, -0.25) is 4.79 Å². The minimum atomic E-state index is -0.340. The molecule has 0 bridgehead atoms. The Bertz CT molecular complexity index is 225. The molecule has 0 aromatic carbocycles. The molecule has 1 unspecified atom stereocenters. The van der Waals surface area contributed by atoms with E-state index in [2.05, 4.69) is 17.1 Å². The van der Waals surface area contributed by atoms with Gasteiger partial charge in [-0.15, -0.1) is 0 Å². The van der Waals surface area contributed by atoms with Crippen molar-refractivity contribution in [2.45, 2.75) is 58.0 Å². The van der Waals surface area contributed by atoms with Gasteiger partial charge in [-0.2, -0.15) is 0 Å². The fourth-order valence-corrected chi connectivity index (χ4v) is 2.18. The molecule has 0 saturated carbocycles. The molecule has 0 radical (unpaired) electrons. The topological polar surface area (TPSA) is 58.4 Å². The maximum Gasteiger partial charge on any atom is 0.237 e. The smallest absolute Gasteiger partial charge is 0.237 e. The molecule has 0 spiro atoms. The highest BCUT2D eigenvalue weighted by Crippen LogP contribution is 2.11. The number of nitrogens with zero attached hydrogens (tertiary/aromatic N) is 1. The third-order valence-corrected chi connectivity index (χ3v) is 3.54. The van der Waals surface area contributed by atoms with Crippen LogP contribution in [0, 0.1) is 0 Å². The summed E-state index contributed by atoms with van der Waals surface area (Å²) in [6, 6.07) is -0.00824. The van der Waals surface area contributed by atoms with Gasteiger partial charge in [0.2, 0.25) is 5.91 Å². The first-order chi connectivity index (χ1) is 8.17. The highest BCUT2D eigenvalue weighted by Gasteiger charge is 2.21. The Morgan fingerprint density at radius 2 is 2.06 bits per heavy atom. The summed E-state index contributed by atoms with van der Waals surface area (Å²) >= 11 is 0. The number of hydrogen-bond acceptors (Lipinski definition) is 3. The number of carbonyl (C=O) groups is 1. The fraction of sp³-hybridized carbons (Fsp3) is 0.923. The predicted octanol–water partition coefficient (Wildman–Crippen LogP) is 1.10. The lowest BCUT2D eigenvalue weighted by Crippen LogP contribution is -2.49. The van der Waals surface area contributed by atoms with Crippen LogP contribution in [-0.2, 0) is 4.79 Å².